The van der Waals surface area contributed by atoms with Gasteiger partial charge in [-0.1, -0.05) is 31.2 Å². The predicted molar refractivity (Wildman–Crippen MR) is 119 cm³/mol. The van der Waals surface area contributed by atoms with Crippen molar-refractivity contribution in [2.45, 2.75) is 77.2 Å². The van der Waals surface area contributed by atoms with Gasteiger partial charge in [-0.25, -0.2) is 9.78 Å². The average Bonchev–Trinajstić information content (AvgIpc) is 3.31. The molecule has 0 unspecified atom stereocenters. The number of aliphatic hydroxyl groups excluding tert-OH is 1. The quantitative estimate of drug-likeness (QED) is 0.765. The molecule has 1 amide bonds. The Hall–Kier alpha value is -2.34. The fraction of sp³-hybridized carbons (Fsp3) is 0.600. The Morgan fingerprint density at radius 2 is 2.06 bits per heavy atom. The second-order valence-corrected chi connectivity index (χ2v) is 10.6. The molecule has 31 heavy (non-hydrogen) atoms. The molecule has 1 aromatic carbocycles. The lowest BCUT2D eigenvalue weighted by atomic mass is 9.52. The summed E-state index contributed by atoms with van der Waals surface area (Å²) in [6.07, 6.45) is 6.72. The number of aliphatic hydroxyl groups is 1. The number of rotatable bonds is 2. The largest absolute Gasteiger partial charge is 0.444 e. The number of carbonyl (C=O) groups is 1. The molecule has 1 aromatic heterocycles. The van der Waals surface area contributed by atoms with Crippen LogP contribution < -0.4 is 0 Å². The van der Waals surface area contributed by atoms with Crippen molar-refractivity contribution < 1.29 is 14.6 Å². The highest BCUT2D eigenvalue weighted by Gasteiger charge is 2.59. The smallest absolute Gasteiger partial charge is 0.410 e. The van der Waals surface area contributed by atoms with Crippen molar-refractivity contribution in [1.82, 2.24) is 14.5 Å². The molecule has 1 N–H and O–H groups in total. The molecular weight excluding hydrogens is 390 g/mol. The lowest BCUT2D eigenvalue weighted by Gasteiger charge is -2.59. The van der Waals surface area contributed by atoms with Crippen LogP contribution >= 0.6 is 0 Å². The van der Waals surface area contributed by atoms with E-state index < -0.39 is 5.60 Å². The highest BCUT2D eigenvalue weighted by Crippen LogP contribution is 2.60. The van der Waals surface area contributed by atoms with Gasteiger partial charge in [-0.15, -0.1) is 0 Å². The molecule has 166 valence electrons. The monoisotopic (exact) mass is 423 g/mol. The Balaban J connectivity index is 1.34. The van der Waals surface area contributed by atoms with Crippen LogP contribution in [0.15, 0.2) is 36.8 Å². The zero-order valence-electron chi connectivity index (χ0n) is 18.9. The fourth-order valence-corrected chi connectivity index (χ4v) is 6.18. The fourth-order valence-electron chi connectivity index (χ4n) is 6.18. The maximum Gasteiger partial charge on any atom is 0.410 e. The van der Waals surface area contributed by atoms with Crippen LogP contribution in [0.25, 0.3) is 11.3 Å². The van der Waals surface area contributed by atoms with Gasteiger partial charge in [-0.05, 0) is 52.0 Å². The van der Waals surface area contributed by atoms with Crippen LogP contribution in [0.3, 0.4) is 0 Å². The van der Waals surface area contributed by atoms with Crippen molar-refractivity contribution in [3.8, 4) is 11.3 Å². The molecule has 5 rings (SSSR count). The van der Waals surface area contributed by atoms with E-state index in [1.807, 2.05) is 38.2 Å². The molecule has 0 bridgehead atoms. The van der Waals surface area contributed by atoms with Crippen LogP contribution in [0.2, 0.25) is 0 Å². The molecule has 3 heterocycles. The van der Waals surface area contributed by atoms with Crippen molar-refractivity contribution >= 4 is 6.09 Å². The van der Waals surface area contributed by atoms with E-state index in [1.54, 1.807) is 0 Å². The minimum absolute atomic E-state index is 0.109. The first-order valence-electron chi connectivity index (χ1n) is 11.5. The maximum absolute atomic E-state index is 12.7. The van der Waals surface area contributed by atoms with Gasteiger partial charge in [-0.2, -0.15) is 0 Å². The molecule has 6 nitrogen and oxygen atoms in total. The number of aromatic nitrogens is 2. The van der Waals surface area contributed by atoms with Gasteiger partial charge in [0.05, 0.1) is 30.4 Å². The molecule has 1 aliphatic carbocycles. The van der Waals surface area contributed by atoms with Crippen molar-refractivity contribution in [2.24, 2.45) is 11.3 Å². The number of likely N-dealkylation sites (tertiary alicyclic amines) is 1. The van der Waals surface area contributed by atoms with Gasteiger partial charge in [-0.3, -0.25) is 0 Å². The molecule has 2 fully saturated rings. The summed E-state index contributed by atoms with van der Waals surface area (Å²) >= 11 is 0. The van der Waals surface area contributed by atoms with Crippen molar-refractivity contribution in [2.75, 3.05) is 6.54 Å². The average molecular weight is 424 g/mol. The third-order valence-corrected chi connectivity index (χ3v) is 7.63. The van der Waals surface area contributed by atoms with E-state index in [4.69, 9.17) is 4.74 Å². The second kappa shape index (κ2) is 7.09. The third kappa shape index (κ3) is 3.18. The molecule has 6 heteroatoms. The number of hydrogen-bond acceptors (Lipinski definition) is 4. The summed E-state index contributed by atoms with van der Waals surface area (Å²) < 4.78 is 7.88. The van der Waals surface area contributed by atoms with Crippen molar-refractivity contribution in [3.05, 3.63) is 42.4 Å². The molecule has 1 spiro atoms. The van der Waals surface area contributed by atoms with Gasteiger partial charge in [0.2, 0.25) is 0 Å². The van der Waals surface area contributed by atoms with E-state index in [9.17, 15) is 9.90 Å². The van der Waals surface area contributed by atoms with Gasteiger partial charge < -0.3 is 19.3 Å². The highest BCUT2D eigenvalue weighted by atomic mass is 16.6. The number of fused-ring (bicyclic) bond motifs is 3. The molecule has 1 saturated carbocycles. The molecule has 3 aliphatic rings. The van der Waals surface area contributed by atoms with Gasteiger partial charge in [0.15, 0.2) is 0 Å². The molecule has 1 saturated heterocycles. The van der Waals surface area contributed by atoms with E-state index >= 15 is 0 Å². The minimum atomic E-state index is -0.496. The van der Waals surface area contributed by atoms with Crippen LogP contribution in [-0.4, -0.2) is 49.9 Å². The van der Waals surface area contributed by atoms with E-state index in [0.29, 0.717) is 6.54 Å². The predicted octanol–water partition coefficient (Wildman–Crippen LogP) is 4.63. The first-order valence-corrected chi connectivity index (χ1v) is 11.5. The lowest BCUT2D eigenvalue weighted by Crippen LogP contribution is -2.62. The number of benzene rings is 1. The standard InChI is InChI=1S/C25H33N3O3/c1-5-16-12-25(10-11-27(16)23(30)31-24(2,3)4)13-19(22(25)29)21-18-9-7-6-8-17(18)20-14-26-15-28(20)21/h6-9,14-16,19,21-22,29H,5,10-13H2,1-4H3/t16-,19-,21+,22-,25+/m0/s1. The number of imidazole rings is 1. The number of piperidine rings is 1. The van der Waals surface area contributed by atoms with Gasteiger partial charge in [0, 0.05) is 29.5 Å². The Labute approximate surface area is 184 Å². The van der Waals surface area contributed by atoms with Gasteiger partial charge >= 0.3 is 6.09 Å². The Bertz CT molecular complexity index is 994. The van der Waals surface area contributed by atoms with Crippen LogP contribution in [0, 0.1) is 11.3 Å². The summed E-state index contributed by atoms with van der Waals surface area (Å²) in [7, 11) is 0. The number of carbonyl (C=O) groups excluding carboxylic acids is 1. The van der Waals surface area contributed by atoms with E-state index in [-0.39, 0.29) is 35.6 Å². The second-order valence-electron chi connectivity index (χ2n) is 10.6. The van der Waals surface area contributed by atoms with E-state index in [0.717, 1.165) is 31.4 Å². The summed E-state index contributed by atoms with van der Waals surface area (Å²) in [5, 5.41) is 11.5. The molecule has 0 radical (unpaired) electrons. The molecule has 5 atom stereocenters. The maximum atomic E-state index is 12.7. The lowest BCUT2D eigenvalue weighted by molar-refractivity contribution is -0.166. The summed E-state index contributed by atoms with van der Waals surface area (Å²) in [5.74, 6) is 0.169. The van der Waals surface area contributed by atoms with Crippen molar-refractivity contribution in [3.63, 3.8) is 0 Å². The summed E-state index contributed by atoms with van der Waals surface area (Å²) in [6.45, 7) is 8.48. The van der Waals surface area contributed by atoms with Crippen molar-refractivity contribution in [1.29, 1.82) is 0 Å². The number of ether oxygens (including phenoxy) is 1. The molecule has 2 aromatic rings. The Morgan fingerprint density at radius 1 is 1.29 bits per heavy atom. The van der Waals surface area contributed by atoms with E-state index in [2.05, 4.69) is 40.7 Å². The molecule has 2 aliphatic heterocycles. The van der Waals surface area contributed by atoms with Gasteiger partial charge in [0.25, 0.3) is 0 Å². The first-order chi connectivity index (χ1) is 14.7. The zero-order chi connectivity index (χ0) is 22.0. The number of hydrogen-bond donors (Lipinski definition) is 1. The first kappa shape index (κ1) is 20.6. The van der Waals surface area contributed by atoms with Crippen LogP contribution in [-0.2, 0) is 4.74 Å². The Kier molecular flexibility index (Phi) is 4.70. The number of amides is 1. The zero-order valence-corrected chi connectivity index (χ0v) is 18.9. The summed E-state index contributed by atoms with van der Waals surface area (Å²) in [5.41, 5.74) is 3.05. The summed E-state index contributed by atoms with van der Waals surface area (Å²) in [6, 6.07) is 8.73. The van der Waals surface area contributed by atoms with Gasteiger partial charge in [0.1, 0.15) is 5.60 Å². The third-order valence-electron chi connectivity index (χ3n) is 7.63. The number of nitrogens with zero attached hydrogens (tertiary/aromatic N) is 3. The minimum Gasteiger partial charge on any atom is -0.444 e. The normalized spacial score (nSPS) is 31.8. The van der Waals surface area contributed by atoms with E-state index in [1.165, 1.54) is 11.1 Å². The SMILES string of the molecule is CC[C@H]1C[C@]2(CCN1C(=O)OC(C)(C)C)C[C@@H]([C@H]1c3ccccc3-c3cncn31)[C@@H]2O. The molecular formula is C25H33N3O3. The topological polar surface area (TPSA) is 67.6 Å². The van der Waals surface area contributed by atoms with Crippen LogP contribution in [0.1, 0.15) is 65.0 Å². The Morgan fingerprint density at radius 3 is 2.77 bits per heavy atom. The van der Waals surface area contributed by atoms with Crippen LogP contribution in [0.4, 0.5) is 4.79 Å². The highest BCUT2D eigenvalue weighted by molar-refractivity contribution is 5.70. The van der Waals surface area contributed by atoms with Crippen LogP contribution in [0.5, 0.6) is 0 Å². The summed E-state index contributed by atoms with van der Waals surface area (Å²) in [4.78, 5) is 19.0.